The smallest absolute Gasteiger partial charge is 0.341 e. The molecule has 0 N–H and O–H groups in total. The number of allylic oxidation sites excluding steroid dienone is 1. The molecule has 0 spiro atoms. The van der Waals surface area contributed by atoms with Gasteiger partial charge in [0.2, 0.25) is 0 Å². The summed E-state index contributed by atoms with van der Waals surface area (Å²) in [6.07, 6.45) is 3.33. The SMILES string of the molecule is COC(=O)CCCC=C(c1ccc(OC)c(C(=O)OC)c1)c1ccc(OC)c(C(=O)OC)c1. The van der Waals surface area contributed by atoms with Gasteiger partial charge in [-0.15, -0.1) is 0 Å². The second-order valence-electron chi connectivity index (χ2n) is 6.90. The van der Waals surface area contributed by atoms with Crippen molar-refractivity contribution in [2.75, 3.05) is 35.5 Å². The Morgan fingerprint density at radius 2 is 1.21 bits per heavy atom. The number of esters is 3. The third-order valence-electron chi connectivity index (χ3n) is 4.99. The van der Waals surface area contributed by atoms with E-state index >= 15 is 0 Å². The van der Waals surface area contributed by atoms with Crippen LogP contribution >= 0.6 is 0 Å². The molecule has 33 heavy (non-hydrogen) atoms. The Hall–Kier alpha value is -3.81. The van der Waals surface area contributed by atoms with Gasteiger partial charge in [-0.3, -0.25) is 4.79 Å². The van der Waals surface area contributed by atoms with E-state index in [4.69, 9.17) is 23.7 Å². The number of methoxy groups -OCH3 is 5. The summed E-state index contributed by atoms with van der Waals surface area (Å²) in [5.74, 6) is -0.617. The number of rotatable bonds is 10. The van der Waals surface area contributed by atoms with Crippen molar-refractivity contribution in [1.29, 1.82) is 0 Å². The van der Waals surface area contributed by atoms with E-state index in [0.717, 1.165) is 5.57 Å². The Balaban J connectivity index is 2.59. The van der Waals surface area contributed by atoms with E-state index in [9.17, 15) is 14.4 Å². The molecule has 0 aliphatic carbocycles. The molecule has 8 heteroatoms. The fraction of sp³-hybridized carbons (Fsp3) is 0.320. The Morgan fingerprint density at radius 3 is 1.61 bits per heavy atom. The number of carbonyl (C=O) groups excluding carboxylic acids is 3. The van der Waals surface area contributed by atoms with Crippen LogP contribution in [0.5, 0.6) is 11.5 Å². The fourth-order valence-electron chi connectivity index (χ4n) is 3.29. The molecule has 0 atom stereocenters. The first kappa shape index (κ1) is 25.5. The Bertz CT molecular complexity index is 969. The van der Waals surface area contributed by atoms with Crippen molar-refractivity contribution in [3.05, 3.63) is 64.7 Å². The van der Waals surface area contributed by atoms with Gasteiger partial charge in [-0.25, -0.2) is 9.59 Å². The number of benzene rings is 2. The minimum atomic E-state index is -0.538. The molecule has 0 amide bonds. The maximum Gasteiger partial charge on any atom is 0.341 e. The molecule has 0 unspecified atom stereocenters. The van der Waals surface area contributed by atoms with Gasteiger partial charge in [-0.05, 0) is 53.8 Å². The van der Waals surface area contributed by atoms with Crippen molar-refractivity contribution >= 4 is 23.5 Å². The maximum absolute atomic E-state index is 12.3. The molecule has 0 bridgehead atoms. The van der Waals surface area contributed by atoms with Crippen LogP contribution in [-0.2, 0) is 19.0 Å². The van der Waals surface area contributed by atoms with Crippen molar-refractivity contribution in [3.63, 3.8) is 0 Å². The van der Waals surface area contributed by atoms with Crippen LogP contribution in [0.25, 0.3) is 5.57 Å². The second-order valence-corrected chi connectivity index (χ2v) is 6.90. The Kier molecular flexibility index (Phi) is 9.47. The van der Waals surface area contributed by atoms with Crippen LogP contribution in [0.1, 0.15) is 51.1 Å². The monoisotopic (exact) mass is 456 g/mol. The lowest BCUT2D eigenvalue weighted by Gasteiger charge is -2.15. The first-order chi connectivity index (χ1) is 15.9. The van der Waals surface area contributed by atoms with Gasteiger partial charge < -0.3 is 23.7 Å². The molecule has 2 rings (SSSR count). The molecule has 2 aromatic rings. The zero-order valence-corrected chi connectivity index (χ0v) is 19.4. The quantitative estimate of drug-likeness (QED) is 0.300. The van der Waals surface area contributed by atoms with Crippen molar-refractivity contribution in [1.82, 2.24) is 0 Å². The molecular formula is C25H28O8. The van der Waals surface area contributed by atoms with E-state index in [-0.39, 0.29) is 23.5 Å². The highest BCUT2D eigenvalue weighted by atomic mass is 16.5. The second kappa shape index (κ2) is 12.3. The normalized spacial score (nSPS) is 10.1. The number of carbonyl (C=O) groups is 3. The fourth-order valence-corrected chi connectivity index (χ4v) is 3.29. The van der Waals surface area contributed by atoms with Gasteiger partial charge in [0.1, 0.15) is 22.6 Å². The molecular weight excluding hydrogens is 428 g/mol. The molecule has 0 heterocycles. The van der Waals surface area contributed by atoms with Gasteiger partial charge in [0.05, 0.1) is 35.5 Å². The van der Waals surface area contributed by atoms with Crippen molar-refractivity contribution in [2.24, 2.45) is 0 Å². The average molecular weight is 456 g/mol. The van der Waals surface area contributed by atoms with Crippen molar-refractivity contribution in [3.8, 4) is 11.5 Å². The summed E-state index contributed by atoms with van der Waals surface area (Å²) in [7, 11) is 6.88. The van der Waals surface area contributed by atoms with Crippen LogP contribution in [0.3, 0.4) is 0 Å². The highest BCUT2D eigenvalue weighted by molar-refractivity contribution is 5.96. The number of hydrogen-bond donors (Lipinski definition) is 0. The molecule has 8 nitrogen and oxygen atoms in total. The first-order valence-corrected chi connectivity index (χ1v) is 10.2. The topological polar surface area (TPSA) is 97.4 Å². The molecule has 0 fully saturated rings. The summed E-state index contributed by atoms with van der Waals surface area (Å²) in [5, 5.41) is 0. The van der Waals surface area contributed by atoms with Gasteiger partial charge in [-0.1, -0.05) is 18.2 Å². The van der Waals surface area contributed by atoms with E-state index in [1.807, 2.05) is 6.08 Å². The molecule has 0 saturated heterocycles. The van der Waals surface area contributed by atoms with Crippen molar-refractivity contribution < 1.29 is 38.1 Å². The summed E-state index contributed by atoms with van der Waals surface area (Å²) in [5.41, 5.74) is 2.69. The van der Waals surface area contributed by atoms with Crippen LogP contribution in [0.4, 0.5) is 0 Å². The van der Waals surface area contributed by atoms with Crippen LogP contribution in [0.2, 0.25) is 0 Å². The largest absolute Gasteiger partial charge is 0.496 e. The van der Waals surface area contributed by atoms with Crippen LogP contribution in [0.15, 0.2) is 42.5 Å². The van der Waals surface area contributed by atoms with Gasteiger partial charge in [0.25, 0.3) is 0 Å². The molecule has 176 valence electrons. The van der Waals surface area contributed by atoms with Crippen LogP contribution < -0.4 is 9.47 Å². The minimum absolute atomic E-state index is 0.264. The van der Waals surface area contributed by atoms with Crippen molar-refractivity contribution in [2.45, 2.75) is 19.3 Å². The summed E-state index contributed by atoms with van der Waals surface area (Å²) >= 11 is 0. The molecule has 0 saturated carbocycles. The number of ether oxygens (including phenoxy) is 5. The van der Waals surface area contributed by atoms with Gasteiger partial charge in [0.15, 0.2) is 0 Å². The highest BCUT2D eigenvalue weighted by Crippen LogP contribution is 2.32. The summed E-state index contributed by atoms with van der Waals surface area (Å²) in [4.78, 5) is 36.0. The zero-order chi connectivity index (χ0) is 24.4. The van der Waals surface area contributed by atoms with Gasteiger partial charge >= 0.3 is 17.9 Å². The average Bonchev–Trinajstić information content (AvgIpc) is 2.86. The van der Waals surface area contributed by atoms with Crippen LogP contribution in [-0.4, -0.2) is 53.5 Å². The van der Waals surface area contributed by atoms with Gasteiger partial charge in [-0.2, -0.15) is 0 Å². The van der Waals surface area contributed by atoms with E-state index in [2.05, 4.69) is 0 Å². The van der Waals surface area contributed by atoms with Crippen LogP contribution in [0, 0.1) is 0 Å². The third-order valence-corrected chi connectivity index (χ3v) is 4.99. The predicted molar refractivity (Wildman–Crippen MR) is 122 cm³/mol. The summed E-state index contributed by atoms with van der Waals surface area (Å²) < 4.78 is 25.0. The van der Waals surface area contributed by atoms with E-state index < -0.39 is 11.9 Å². The Morgan fingerprint density at radius 1 is 0.727 bits per heavy atom. The highest BCUT2D eigenvalue weighted by Gasteiger charge is 2.19. The third kappa shape index (κ3) is 6.35. The summed E-state index contributed by atoms with van der Waals surface area (Å²) in [6, 6.07) is 10.3. The zero-order valence-electron chi connectivity index (χ0n) is 19.4. The molecule has 0 aromatic heterocycles. The Labute approximate surface area is 193 Å². The van der Waals surface area contributed by atoms with E-state index in [1.54, 1.807) is 36.4 Å². The first-order valence-electron chi connectivity index (χ1n) is 10.2. The van der Waals surface area contributed by atoms with E-state index in [0.29, 0.717) is 35.5 Å². The standard InChI is InChI=1S/C25H28O8/c1-29-21-12-10-16(14-19(21)24(27)32-4)18(8-6-7-9-23(26)31-3)17-11-13-22(30-2)20(15-17)25(28)33-5/h8,10-15H,6-7,9H2,1-5H3. The molecule has 0 aliphatic rings. The predicted octanol–water partition coefficient (Wildman–Crippen LogP) is 4.05. The number of hydrogen-bond acceptors (Lipinski definition) is 8. The maximum atomic E-state index is 12.3. The molecule has 2 aromatic carbocycles. The lowest BCUT2D eigenvalue weighted by molar-refractivity contribution is -0.140. The van der Waals surface area contributed by atoms with Gasteiger partial charge in [0, 0.05) is 6.42 Å². The van der Waals surface area contributed by atoms with E-state index in [1.165, 1.54) is 35.5 Å². The molecule has 0 radical (unpaired) electrons. The summed E-state index contributed by atoms with van der Waals surface area (Å²) in [6.45, 7) is 0. The minimum Gasteiger partial charge on any atom is -0.496 e. The lowest BCUT2D eigenvalue weighted by atomic mass is 9.93. The number of unbranched alkanes of at least 4 members (excludes halogenated alkanes) is 1. The lowest BCUT2D eigenvalue weighted by Crippen LogP contribution is -2.06. The molecule has 0 aliphatic heterocycles.